The molecule has 0 spiro atoms. The molecule has 2 atom stereocenters. The molecule has 8 heteroatoms. The molecule has 2 aliphatic carbocycles. The Morgan fingerprint density at radius 3 is 1.70 bits per heavy atom. The van der Waals surface area contributed by atoms with Gasteiger partial charge in [0.1, 0.15) is 0 Å². The van der Waals surface area contributed by atoms with Gasteiger partial charge in [-0.15, -0.1) is 0 Å². The minimum Gasteiger partial charge on any atom is -0.311 e. The monoisotopic (exact) mass is 616 g/mol. The molecule has 0 saturated carbocycles. The zero-order valence-corrected chi connectivity index (χ0v) is 25.0. The Bertz CT molecular complexity index is 2400. The average Bonchev–Trinajstić information content (AvgIpc) is 3.35. The van der Waals surface area contributed by atoms with Crippen LogP contribution >= 0.6 is 0 Å². The number of amides is 3. The summed E-state index contributed by atoms with van der Waals surface area (Å²) in [6.07, 6.45) is 4.02. The maximum atomic E-state index is 14.0. The highest BCUT2D eigenvalue weighted by Gasteiger charge is 2.42. The largest absolute Gasteiger partial charge is 0.311 e. The van der Waals surface area contributed by atoms with Crippen LogP contribution in [0.15, 0.2) is 97.1 Å². The molecule has 0 N–H and O–H groups in total. The molecule has 3 aliphatic rings. The van der Waals surface area contributed by atoms with Gasteiger partial charge in [0.25, 0.3) is 17.7 Å². The number of nitrogens with zero attached hydrogens (tertiary/aromatic N) is 2. The Labute approximate surface area is 267 Å². The summed E-state index contributed by atoms with van der Waals surface area (Å²) in [4.78, 5) is 82.8. The quantitative estimate of drug-likeness (QED) is 0.216. The second-order valence-electron chi connectivity index (χ2n) is 11.9. The summed E-state index contributed by atoms with van der Waals surface area (Å²) < 4.78 is 0. The molecule has 8 nitrogen and oxygen atoms in total. The van der Waals surface area contributed by atoms with Gasteiger partial charge in [-0.1, -0.05) is 48.6 Å². The molecule has 0 radical (unpaired) electrons. The SMILES string of the molecule is CN(C(=O)c1cc2cc3c(cc2cc1C=O)C(=O)C1C=c2cc4c(cc2=CC1C3=O)C(=O)N(c1ccccc1)C4=O)c1ccccc1. The van der Waals surface area contributed by atoms with Crippen molar-refractivity contribution in [2.24, 2.45) is 11.8 Å². The fourth-order valence-electron chi connectivity index (χ4n) is 6.86. The molecule has 226 valence electrons. The van der Waals surface area contributed by atoms with Gasteiger partial charge in [0.2, 0.25) is 0 Å². The first-order chi connectivity index (χ1) is 22.7. The number of rotatable bonds is 4. The summed E-state index contributed by atoms with van der Waals surface area (Å²) in [6.45, 7) is 0. The van der Waals surface area contributed by atoms with Crippen molar-refractivity contribution in [3.8, 4) is 0 Å². The molecular weight excluding hydrogens is 592 g/mol. The average molecular weight is 617 g/mol. The van der Waals surface area contributed by atoms with Gasteiger partial charge in [-0.3, -0.25) is 28.8 Å². The van der Waals surface area contributed by atoms with Crippen LogP contribution in [-0.4, -0.2) is 42.6 Å². The summed E-state index contributed by atoms with van der Waals surface area (Å²) in [5.74, 6) is -3.43. The molecule has 0 fully saturated rings. The smallest absolute Gasteiger partial charge is 0.266 e. The van der Waals surface area contributed by atoms with Crippen LogP contribution in [0.2, 0.25) is 0 Å². The van der Waals surface area contributed by atoms with Crippen LogP contribution in [0.25, 0.3) is 22.9 Å². The predicted octanol–water partition coefficient (Wildman–Crippen LogP) is 4.62. The number of hydrogen-bond donors (Lipinski definition) is 0. The van der Waals surface area contributed by atoms with Gasteiger partial charge in [0.05, 0.1) is 34.2 Å². The summed E-state index contributed by atoms with van der Waals surface area (Å²) in [7, 11) is 1.62. The van der Waals surface area contributed by atoms with Crippen molar-refractivity contribution in [1.82, 2.24) is 0 Å². The fourth-order valence-corrected chi connectivity index (χ4v) is 6.86. The minimum atomic E-state index is -0.810. The number of ketones is 2. The number of anilines is 2. The van der Waals surface area contributed by atoms with Gasteiger partial charge in [-0.2, -0.15) is 0 Å². The number of Topliss-reactive ketones (excluding diaryl/α,β-unsaturated/α-hetero) is 2. The van der Waals surface area contributed by atoms with E-state index in [9.17, 15) is 28.8 Å². The van der Waals surface area contributed by atoms with Crippen molar-refractivity contribution in [1.29, 1.82) is 0 Å². The van der Waals surface area contributed by atoms with E-state index in [1.807, 2.05) is 18.2 Å². The van der Waals surface area contributed by atoms with Crippen LogP contribution in [0, 0.1) is 11.8 Å². The van der Waals surface area contributed by atoms with Gasteiger partial charge in [-0.25, -0.2) is 4.90 Å². The first-order valence-corrected chi connectivity index (χ1v) is 15.1. The molecule has 3 amide bonds. The highest BCUT2D eigenvalue weighted by Crippen LogP contribution is 2.37. The summed E-state index contributed by atoms with van der Waals surface area (Å²) >= 11 is 0. The molecule has 5 aromatic carbocycles. The topological polar surface area (TPSA) is 109 Å². The molecule has 5 aromatic rings. The van der Waals surface area contributed by atoms with Gasteiger partial charge < -0.3 is 4.90 Å². The van der Waals surface area contributed by atoms with E-state index in [0.717, 1.165) is 4.90 Å². The summed E-state index contributed by atoms with van der Waals surface area (Å²) in [5, 5.41) is 2.29. The number of imide groups is 1. The van der Waals surface area contributed by atoms with Crippen molar-refractivity contribution in [3.05, 3.63) is 141 Å². The van der Waals surface area contributed by atoms with E-state index in [4.69, 9.17) is 0 Å². The lowest BCUT2D eigenvalue weighted by Crippen LogP contribution is -2.42. The van der Waals surface area contributed by atoms with E-state index in [1.165, 1.54) is 4.90 Å². The third-order valence-electron chi connectivity index (χ3n) is 9.30. The highest BCUT2D eigenvalue weighted by molar-refractivity contribution is 6.34. The maximum absolute atomic E-state index is 14.0. The van der Waals surface area contributed by atoms with E-state index >= 15 is 0 Å². The third-order valence-corrected chi connectivity index (χ3v) is 9.30. The van der Waals surface area contributed by atoms with Crippen LogP contribution in [0.1, 0.15) is 62.1 Å². The zero-order valence-electron chi connectivity index (χ0n) is 25.0. The lowest BCUT2D eigenvalue weighted by atomic mass is 9.71. The maximum Gasteiger partial charge on any atom is 0.266 e. The number of benzene rings is 5. The highest BCUT2D eigenvalue weighted by atomic mass is 16.2. The van der Waals surface area contributed by atoms with Crippen LogP contribution in [0.5, 0.6) is 0 Å². The van der Waals surface area contributed by atoms with Crippen LogP contribution < -0.4 is 20.2 Å². The van der Waals surface area contributed by atoms with Gasteiger partial charge in [0.15, 0.2) is 17.9 Å². The summed E-state index contributed by atoms with van der Waals surface area (Å²) in [5.41, 5.74) is 2.40. The Hall–Kier alpha value is -6.28. The van der Waals surface area contributed by atoms with Crippen molar-refractivity contribution in [2.75, 3.05) is 16.8 Å². The summed E-state index contributed by atoms with van der Waals surface area (Å²) in [6, 6.07) is 27.3. The normalized spacial score (nSPS) is 17.7. The minimum absolute atomic E-state index is 0.168. The number of carbonyl (C=O) groups is 6. The predicted molar refractivity (Wildman–Crippen MR) is 176 cm³/mol. The van der Waals surface area contributed by atoms with Crippen LogP contribution in [-0.2, 0) is 0 Å². The van der Waals surface area contributed by atoms with E-state index in [0.29, 0.717) is 38.9 Å². The van der Waals surface area contributed by atoms with Crippen molar-refractivity contribution < 1.29 is 28.8 Å². The van der Waals surface area contributed by atoms with Crippen LogP contribution in [0.4, 0.5) is 11.4 Å². The van der Waals surface area contributed by atoms with E-state index in [2.05, 4.69) is 0 Å². The molecule has 0 aromatic heterocycles. The molecule has 8 rings (SSSR count). The molecule has 0 bridgehead atoms. The molecule has 1 heterocycles. The molecule has 1 aliphatic heterocycles. The molecular formula is C39H24N2O6. The lowest BCUT2D eigenvalue weighted by molar-refractivity contribution is 0.0820. The second-order valence-corrected chi connectivity index (χ2v) is 11.9. The van der Waals surface area contributed by atoms with Gasteiger partial charge >= 0.3 is 0 Å². The number of para-hydroxylation sites is 2. The first kappa shape index (κ1) is 28.2. The van der Waals surface area contributed by atoms with E-state index in [-0.39, 0.29) is 44.9 Å². The third kappa shape index (κ3) is 4.22. The number of hydrogen-bond acceptors (Lipinski definition) is 6. The Kier molecular flexibility index (Phi) is 6.23. The van der Waals surface area contributed by atoms with E-state index < -0.39 is 29.6 Å². The van der Waals surface area contributed by atoms with Crippen molar-refractivity contribution in [2.45, 2.75) is 0 Å². The lowest BCUT2D eigenvalue weighted by Gasteiger charge is -2.29. The Morgan fingerprint density at radius 2 is 1.17 bits per heavy atom. The number of fused-ring (bicyclic) bond motifs is 5. The van der Waals surface area contributed by atoms with Crippen molar-refractivity contribution in [3.63, 3.8) is 0 Å². The second kappa shape index (κ2) is 10.4. The van der Waals surface area contributed by atoms with E-state index in [1.54, 1.807) is 98.1 Å². The molecule has 47 heavy (non-hydrogen) atoms. The van der Waals surface area contributed by atoms with Crippen molar-refractivity contribution >= 4 is 69.9 Å². The molecule has 2 unspecified atom stereocenters. The number of aldehydes is 1. The Balaban J connectivity index is 1.20. The number of carbonyl (C=O) groups excluding carboxylic acids is 6. The zero-order chi connectivity index (χ0) is 32.6. The van der Waals surface area contributed by atoms with Gasteiger partial charge in [-0.05, 0) is 81.9 Å². The standard InChI is InChI=1S/C39H24N2O6/c1-40(26-8-4-2-5-9-26)37(45)28-13-22-15-30-29(14-21(22)12-25(28)20-42)35(43)31-16-23-18-33-34(19-24(23)17-32(31)36(30)44)39(47)41(38(33)46)27-10-6-3-7-11-27/h2-20,31-32H,1H3. The Morgan fingerprint density at radius 1 is 0.660 bits per heavy atom. The molecule has 0 saturated heterocycles. The van der Waals surface area contributed by atoms with Gasteiger partial charge in [0, 0.05) is 29.4 Å². The fraction of sp³-hybridized carbons (Fsp3) is 0.0769. The van der Waals surface area contributed by atoms with Crippen LogP contribution in [0.3, 0.4) is 0 Å². The first-order valence-electron chi connectivity index (χ1n) is 15.1.